The number of alkyl halides is 3. The molecule has 2 aromatic heterocycles. The van der Waals surface area contributed by atoms with Crippen molar-refractivity contribution in [2.75, 3.05) is 36.5 Å². The monoisotopic (exact) mass is 453 g/mol. The highest BCUT2D eigenvalue weighted by Gasteiger charge is 2.49. The minimum atomic E-state index is -4.38. The Hall–Kier alpha value is -3.33. The normalized spacial score (nSPS) is 17.4. The Bertz CT molecular complexity index is 1370. The number of aromatic nitrogens is 3. The summed E-state index contributed by atoms with van der Waals surface area (Å²) in [5.74, 6) is 0.608. The van der Waals surface area contributed by atoms with Crippen molar-refractivity contribution >= 4 is 27.9 Å². The third-order valence-electron chi connectivity index (χ3n) is 6.76. The standard InChI is InChI=1S/C24H22F3N5O/c1-15-16(3-2-4-20(15)24(25,26)27)10-29-21-19-9-17(31-11-23(12-31)13-33-14-23)5-6-18(19)22-28-7-8-32(22)30-21/h2-9H,10-14H2,1H3,(H,29,30). The number of anilines is 2. The zero-order valence-corrected chi connectivity index (χ0v) is 18.0. The second-order valence-electron chi connectivity index (χ2n) is 9.06. The first-order valence-electron chi connectivity index (χ1n) is 10.8. The van der Waals surface area contributed by atoms with Crippen molar-refractivity contribution < 1.29 is 17.9 Å². The first-order valence-corrected chi connectivity index (χ1v) is 10.8. The van der Waals surface area contributed by atoms with Crippen molar-refractivity contribution in [3.63, 3.8) is 0 Å². The van der Waals surface area contributed by atoms with Gasteiger partial charge in [-0.1, -0.05) is 12.1 Å². The number of ether oxygens (including phenoxy) is 1. The van der Waals surface area contributed by atoms with Gasteiger partial charge in [0.15, 0.2) is 11.5 Å². The Labute approximate surface area is 188 Å². The molecule has 2 aliphatic heterocycles. The van der Waals surface area contributed by atoms with Crippen molar-refractivity contribution in [2.45, 2.75) is 19.6 Å². The summed E-state index contributed by atoms with van der Waals surface area (Å²) in [5.41, 5.74) is 2.32. The van der Waals surface area contributed by atoms with Crippen molar-refractivity contribution in [1.29, 1.82) is 0 Å². The Morgan fingerprint density at radius 2 is 1.94 bits per heavy atom. The van der Waals surface area contributed by atoms with E-state index < -0.39 is 11.7 Å². The van der Waals surface area contributed by atoms with E-state index in [1.807, 2.05) is 6.07 Å². The molecule has 2 aromatic carbocycles. The lowest BCUT2D eigenvalue weighted by Crippen LogP contribution is -2.66. The van der Waals surface area contributed by atoms with Gasteiger partial charge in [0.2, 0.25) is 0 Å². The molecule has 33 heavy (non-hydrogen) atoms. The predicted octanol–water partition coefficient (Wildman–Crippen LogP) is 4.66. The Morgan fingerprint density at radius 1 is 1.12 bits per heavy atom. The molecule has 0 radical (unpaired) electrons. The van der Waals surface area contributed by atoms with Crippen LogP contribution in [0.2, 0.25) is 0 Å². The maximum absolute atomic E-state index is 13.3. The molecule has 6 rings (SSSR count). The van der Waals surface area contributed by atoms with Gasteiger partial charge in [0.05, 0.1) is 24.2 Å². The Balaban J connectivity index is 1.35. The van der Waals surface area contributed by atoms with Crippen LogP contribution in [-0.4, -0.2) is 40.9 Å². The van der Waals surface area contributed by atoms with Gasteiger partial charge in [-0.05, 0) is 42.3 Å². The average Bonchev–Trinajstić information content (AvgIpc) is 3.18. The van der Waals surface area contributed by atoms with E-state index in [4.69, 9.17) is 4.74 Å². The topological polar surface area (TPSA) is 54.7 Å². The van der Waals surface area contributed by atoms with Crippen molar-refractivity contribution in [1.82, 2.24) is 14.6 Å². The molecule has 2 fully saturated rings. The van der Waals surface area contributed by atoms with Gasteiger partial charge >= 0.3 is 6.18 Å². The van der Waals surface area contributed by atoms with E-state index in [1.165, 1.54) is 13.0 Å². The van der Waals surface area contributed by atoms with Gasteiger partial charge in [0, 0.05) is 48.5 Å². The maximum Gasteiger partial charge on any atom is 0.416 e. The lowest BCUT2D eigenvalue weighted by atomic mass is 9.77. The number of rotatable bonds is 4. The fourth-order valence-electron chi connectivity index (χ4n) is 4.86. The van der Waals surface area contributed by atoms with Crippen molar-refractivity contribution in [3.05, 3.63) is 65.5 Å². The molecule has 4 heterocycles. The van der Waals surface area contributed by atoms with Crippen molar-refractivity contribution in [3.8, 4) is 0 Å². The van der Waals surface area contributed by atoms with Gasteiger partial charge in [-0.3, -0.25) is 0 Å². The molecule has 0 atom stereocenters. The molecule has 0 saturated carbocycles. The minimum absolute atomic E-state index is 0.222. The molecule has 0 aliphatic carbocycles. The largest absolute Gasteiger partial charge is 0.416 e. The van der Waals surface area contributed by atoms with E-state index >= 15 is 0 Å². The summed E-state index contributed by atoms with van der Waals surface area (Å²) in [6.07, 6.45) is -0.929. The number of hydrogen-bond acceptors (Lipinski definition) is 5. The highest BCUT2D eigenvalue weighted by Crippen LogP contribution is 2.41. The molecule has 0 bridgehead atoms. The minimum Gasteiger partial charge on any atom is -0.380 e. The van der Waals surface area contributed by atoms with Gasteiger partial charge in [-0.25, -0.2) is 9.50 Å². The average molecular weight is 453 g/mol. The maximum atomic E-state index is 13.3. The SMILES string of the molecule is Cc1c(CNc2nn3ccnc3c3ccc(N4CC5(COC5)C4)cc23)cccc1C(F)(F)F. The number of benzene rings is 2. The van der Waals surface area contributed by atoms with Gasteiger partial charge < -0.3 is 15.0 Å². The van der Waals surface area contributed by atoms with E-state index in [9.17, 15) is 13.2 Å². The first kappa shape index (κ1) is 20.3. The van der Waals surface area contributed by atoms with Crippen LogP contribution in [0.3, 0.4) is 0 Å². The van der Waals surface area contributed by atoms with Crippen LogP contribution in [0.5, 0.6) is 0 Å². The molecule has 2 aliphatic rings. The van der Waals surface area contributed by atoms with Crippen LogP contribution in [0.1, 0.15) is 16.7 Å². The molecule has 170 valence electrons. The molecular weight excluding hydrogens is 431 g/mol. The molecular formula is C24H22F3N5O. The third kappa shape index (κ3) is 3.30. The first-order chi connectivity index (χ1) is 15.8. The summed E-state index contributed by atoms with van der Waals surface area (Å²) in [5, 5.41) is 9.77. The van der Waals surface area contributed by atoms with Crippen LogP contribution in [0.25, 0.3) is 16.4 Å². The summed E-state index contributed by atoms with van der Waals surface area (Å²) in [7, 11) is 0. The van der Waals surface area contributed by atoms with Crippen LogP contribution in [0.15, 0.2) is 48.8 Å². The molecule has 9 heteroatoms. The molecule has 6 nitrogen and oxygen atoms in total. The van der Waals surface area contributed by atoms with E-state index in [0.29, 0.717) is 16.8 Å². The Morgan fingerprint density at radius 3 is 2.67 bits per heavy atom. The number of halogens is 3. The van der Waals surface area contributed by atoms with Crippen LogP contribution in [0.4, 0.5) is 24.7 Å². The molecule has 1 spiro atoms. The highest BCUT2D eigenvalue weighted by atomic mass is 19.4. The van der Waals surface area contributed by atoms with E-state index in [1.54, 1.807) is 23.0 Å². The summed E-state index contributed by atoms with van der Waals surface area (Å²) >= 11 is 0. The highest BCUT2D eigenvalue weighted by molar-refractivity contribution is 6.01. The lowest BCUT2D eigenvalue weighted by Gasteiger charge is -2.56. The Kier molecular flexibility index (Phi) is 4.35. The number of hydrogen-bond donors (Lipinski definition) is 1. The summed E-state index contributed by atoms with van der Waals surface area (Å²) in [6.45, 7) is 5.29. The van der Waals surface area contributed by atoms with Crippen LogP contribution in [0, 0.1) is 12.3 Å². The summed E-state index contributed by atoms with van der Waals surface area (Å²) in [4.78, 5) is 6.75. The van der Waals surface area contributed by atoms with E-state index in [-0.39, 0.29) is 12.1 Å². The quantitative estimate of drug-likeness (QED) is 0.487. The fraction of sp³-hybridized carbons (Fsp3) is 0.333. The molecule has 0 unspecified atom stereocenters. The third-order valence-corrected chi connectivity index (χ3v) is 6.76. The second-order valence-corrected chi connectivity index (χ2v) is 9.06. The summed E-state index contributed by atoms with van der Waals surface area (Å²) < 4.78 is 47.0. The lowest BCUT2D eigenvalue weighted by molar-refractivity contribution is -0.138. The van der Waals surface area contributed by atoms with Crippen molar-refractivity contribution in [2.24, 2.45) is 5.41 Å². The number of fused-ring (bicyclic) bond motifs is 3. The smallest absolute Gasteiger partial charge is 0.380 e. The number of nitrogens with zero attached hydrogens (tertiary/aromatic N) is 4. The van der Waals surface area contributed by atoms with E-state index in [0.717, 1.165) is 54.5 Å². The van der Waals surface area contributed by atoms with E-state index in [2.05, 4.69) is 32.4 Å². The number of imidazole rings is 1. The summed E-state index contributed by atoms with van der Waals surface area (Å²) in [6, 6.07) is 10.5. The zero-order chi connectivity index (χ0) is 22.8. The van der Waals surface area contributed by atoms with Gasteiger partial charge in [-0.15, -0.1) is 5.10 Å². The molecule has 2 saturated heterocycles. The fourth-order valence-corrected chi connectivity index (χ4v) is 4.86. The molecule has 1 N–H and O–H groups in total. The molecule has 0 amide bonds. The van der Waals surface area contributed by atoms with Gasteiger partial charge in [0.25, 0.3) is 0 Å². The van der Waals surface area contributed by atoms with Crippen LogP contribution in [-0.2, 0) is 17.5 Å². The van der Waals surface area contributed by atoms with Gasteiger partial charge in [-0.2, -0.15) is 13.2 Å². The number of nitrogens with one attached hydrogen (secondary N) is 1. The van der Waals surface area contributed by atoms with Crippen LogP contribution < -0.4 is 10.2 Å². The second kappa shape index (κ2) is 7.08. The predicted molar refractivity (Wildman–Crippen MR) is 119 cm³/mol. The molecule has 4 aromatic rings. The van der Waals surface area contributed by atoms with Crippen LogP contribution >= 0.6 is 0 Å². The van der Waals surface area contributed by atoms with Gasteiger partial charge in [0.1, 0.15) is 0 Å². The zero-order valence-electron chi connectivity index (χ0n) is 18.0.